The normalized spacial score (nSPS) is 11.6. The van der Waals surface area contributed by atoms with Crippen LogP contribution in [0.1, 0.15) is 101 Å². The molecule has 0 aliphatic carbocycles. The lowest BCUT2D eigenvalue weighted by molar-refractivity contribution is 0.0690. The number of rotatable bonds is 13. The van der Waals surface area contributed by atoms with Gasteiger partial charge in [0.2, 0.25) is 0 Å². The number of H-pyrrole nitrogens is 1. The van der Waals surface area contributed by atoms with Crippen molar-refractivity contribution in [3.8, 4) is 0 Å². The van der Waals surface area contributed by atoms with Crippen molar-refractivity contribution < 1.29 is 9.90 Å². The highest BCUT2D eigenvalue weighted by molar-refractivity contribution is 5.87. The van der Waals surface area contributed by atoms with Crippen molar-refractivity contribution in [3.05, 3.63) is 23.0 Å². The zero-order chi connectivity index (χ0) is 17.9. The molecule has 0 saturated heterocycles. The molecule has 1 heterocycles. The summed E-state index contributed by atoms with van der Waals surface area (Å²) in [5.74, 6) is 0.712. The van der Waals surface area contributed by atoms with Crippen LogP contribution in [0.5, 0.6) is 0 Å². The second-order valence-electron chi connectivity index (χ2n) is 7.96. The molecule has 0 aliphatic rings. The Balaban J connectivity index is 2.48. The third kappa shape index (κ3) is 8.03. The van der Waals surface area contributed by atoms with Gasteiger partial charge in [-0.1, -0.05) is 66.2 Å². The molecule has 3 nitrogen and oxygen atoms in total. The molecule has 0 fully saturated rings. The Morgan fingerprint density at radius 2 is 1.46 bits per heavy atom. The predicted octanol–water partition coefficient (Wildman–Crippen LogP) is 6.23. The first-order chi connectivity index (χ1) is 11.4. The highest BCUT2D eigenvalue weighted by Gasteiger charge is 2.16. The van der Waals surface area contributed by atoms with Gasteiger partial charge in [0.05, 0.1) is 0 Å². The van der Waals surface area contributed by atoms with Gasteiger partial charge >= 0.3 is 5.97 Å². The van der Waals surface area contributed by atoms with Crippen molar-refractivity contribution >= 4 is 5.97 Å². The number of carbonyl (C=O) groups is 1. The van der Waals surface area contributed by atoms with Gasteiger partial charge in [-0.25, -0.2) is 4.79 Å². The van der Waals surface area contributed by atoms with Crippen molar-refractivity contribution in [2.75, 3.05) is 0 Å². The van der Waals surface area contributed by atoms with Crippen LogP contribution in [-0.2, 0) is 12.8 Å². The van der Waals surface area contributed by atoms with E-state index in [9.17, 15) is 9.90 Å². The van der Waals surface area contributed by atoms with E-state index in [2.05, 4.69) is 32.7 Å². The van der Waals surface area contributed by atoms with E-state index in [1.807, 2.05) is 6.20 Å². The molecule has 0 bridgehead atoms. The van der Waals surface area contributed by atoms with Gasteiger partial charge in [0.1, 0.15) is 5.69 Å². The van der Waals surface area contributed by atoms with Gasteiger partial charge in [0, 0.05) is 6.20 Å². The zero-order valence-electron chi connectivity index (χ0n) is 16.2. The summed E-state index contributed by atoms with van der Waals surface area (Å²) in [6.07, 6.45) is 13.6. The molecule has 0 amide bonds. The highest BCUT2D eigenvalue weighted by Crippen LogP contribution is 2.21. The standard InChI is InChI=1S/C21H37NO2/c1-16(2)11-7-5-9-13-18-15-22-20(21(23)24)19(18)14-10-6-8-12-17(3)4/h15-17,22H,5-14H2,1-4H3,(H,23,24). The van der Waals surface area contributed by atoms with Crippen LogP contribution >= 0.6 is 0 Å². The maximum absolute atomic E-state index is 11.4. The summed E-state index contributed by atoms with van der Waals surface area (Å²) in [5.41, 5.74) is 2.69. The van der Waals surface area contributed by atoms with Crippen LogP contribution in [0, 0.1) is 11.8 Å². The summed E-state index contributed by atoms with van der Waals surface area (Å²) < 4.78 is 0. The van der Waals surface area contributed by atoms with E-state index in [1.54, 1.807) is 0 Å². The molecule has 3 heteroatoms. The van der Waals surface area contributed by atoms with Crippen molar-refractivity contribution in [1.82, 2.24) is 4.98 Å². The summed E-state index contributed by atoms with van der Waals surface area (Å²) in [6.45, 7) is 9.05. The second kappa shape index (κ2) is 11.3. The molecule has 0 atom stereocenters. The molecule has 0 unspecified atom stereocenters. The monoisotopic (exact) mass is 335 g/mol. The lowest BCUT2D eigenvalue weighted by Crippen LogP contribution is -2.03. The SMILES string of the molecule is CC(C)CCCCCc1c[nH]c(C(=O)O)c1CCCCCC(C)C. The minimum absolute atomic E-state index is 0.413. The maximum atomic E-state index is 11.4. The van der Waals surface area contributed by atoms with E-state index in [0.29, 0.717) is 5.69 Å². The molecular weight excluding hydrogens is 298 g/mol. The summed E-state index contributed by atoms with van der Waals surface area (Å²) in [5, 5.41) is 9.39. The lowest BCUT2D eigenvalue weighted by Gasteiger charge is -2.08. The molecular formula is C21H37NO2. The summed E-state index contributed by atoms with van der Waals surface area (Å²) >= 11 is 0. The predicted molar refractivity (Wildman–Crippen MR) is 102 cm³/mol. The van der Waals surface area contributed by atoms with E-state index in [-0.39, 0.29) is 0 Å². The van der Waals surface area contributed by atoms with Gasteiger partial charge in [-0.15, -0.1) is 0 Å². The molecule has 24 heavy (non-hydrogen) atoms. The van der Waals surface area contributed by atoms with Gasteiger partial charge in [-0.05, 0) is 48.6 Å². The van der Waals surface area contributed by atoms with Crippen LogP contribution in [0.25, 0.3) is 0 Å². The van der Waals surface area contributed by atoms with Crippen LogP contribution in [0.2, 0.25) is 0 Å². The minimum Gasteiger partial charge on any atom is -0.477 e. The summed E-state index contributed by atoms with van der Waals surface area (Å²) in [7, 11) is 0. The molecule has 1 rings (SSSR count). The number of carboxylic acids is 1. The minimum atomic E-state index is -0.821. The Hall–Kier alpha value is -1.25. The Bertz CT molecular complexity index is 474. The Morgan fingerprint density at radius 3 is 1.96 bits per heavy atom. The van der Waals surface area contributed by atoms with Crippen molar-refractivity contribution in [1.29, 1.82) is 0 Å². The zero-order valence-corrected chi connectivity index (χ0v) is 16.2. The van der Waals surface area contributed by atoms with Crippen molar-refractivity contribution in [2.24, 2.45) is 11.8 Å². The van der Waals surface area contributed by atoms with Gasteiger partial charge in [0.15, 0.2) is 0 Å². The average Bonchev–Trinajstić information content (AvgIpc) is 2.89. The summed E-state index contributed by atoms with van der Waals surface area (Å²) in [4.78, 5) is 14.4. The third-order valence-electron chi connectivity index (χ3n) is 4.73. The molecule has 0 radical (unpaired) electrons. The van der Waals surface area contributed by atoms with Crippen LogP contribution in [0.15, 0.2) is 6.20 Å². The number of hydrogen-bond donors (Lipinski definition) is 2. The fourth-order valence-electron chi connectivity index (χ4n) is 3.27. The van der Waals surface area contributed by atoms with Crippen molar-refractivity contribution in [3.63, 3.8) is 0 Å². The maximum Gasteiger partial charge on any atom is 0.352 e. The number of hydrogen-bond acceptors (Lipinski definition) is 1. The Kier molecular flexibility index (Phi) is 9.82. The molecule has 1 aromatic rings. The number of aromatic nitrogens is 1. The fourth-order valence-corrected chi connectivity index (χ4v) is 3.27. The Morgan fingerprint density at radius 1 is 0.917 bits per heavy atom. The molecule has 0 spiro atoms. The topological polar surface area (TPSA) is 53.1 Å². The number of nitrogens with one attached hydrogen (secondary N) is 1. The third-order valence-corrected chi connectivity index (χ3v) is 4.73. The number of unbranched alkanes of at least 4 members (excludes halogenated alkanes) is 4. The highest BCUT2D eigenvalue weighted by atomic mass is 16.4. The first-order valence-corrected chi connectivity index (χ1v) is 9.84. The van der Waals surface area contributed by atoms with E-state index < -0.39 is 5.97 Å². The number of aryl methyl sites for hydroxylation is 1. The summed E-state index contributed by atoms with van der Waals surface area (Å²) in [6, 6.07) is 0. The molecule has 0 aromatic carbocycles. The Labute approximate surface area is 148 Å². The molecule has 0 aliphatic heterocycles. The van der Waals surface area contributed by atoms with E-state index >= 15 is 0 Å². The first kappa shape index (κ1) is 20.8. The van der Waals surface area contributed by atoms with Gasteiger partial charge in [-0.3, -0.25) is 0 Å². The number of aromatic carboxylic acids is 1. The smallest absolute Gasteiger partial charge is 0.352 e. The second-order valence-corrected chi connectivity index (χ2v) is 7.96. The first-order valence-electron chi connectivity index (χ1n) is 9.84. The number of carboxylic acid groups (broad SMARTS) is 1. The van der Waals surface area contributed by atoms with Gasteiger partial charge < -0.3 is 10.1 Å². The van der Waals surface area contributed by atoms with Gasteiger partial charge in [-0.2, -0.15) is 0 Å². The molecule has 2 N–H and O–H groups in total. The lowest BCUT2D eigenvalue weighted by atomic mass is 9.97. The van der Waals surface area contributed by atoms with Crippen LogP contribution in [0.4, 0.5) is 0 Å². The van der Waals surface area contributed by atoms with E-state index in [0.717, 1.165) is 43.1 Å². The van der Waals surface area contributed by atoms with Crippen LogP contribution in [0.3, 0.4) is 0 Å². The average molecular weight is 336 g/mol. The van der Waals surface area contributed by atoms with Crippen molar-refractivity contribution in [2.45, 2.75) is 91.9 Å². The van der Waals surface area contributed by atoms with E-state index in [1.165, 1.54) is 44.1 Å². The molecule has 0 saturated carbocycles. The number of aromatic amines is 1. The fraction of sp³-hybridized carbons (Fsp3) is 0.762. The molecule has 1 aromatic heterocycles. The largest absolute Gasteiger partial charge is 0.477 e. The van der Waals surface area contributed by atoms with Gasteiger partial charge in [0.25, 0.3) is 0 Å². The van der Waals surface area contributed by atoms with Crippen LogP contribution < -0.4 is 0 Å². The van der Waals surface area contributed by atoms with E-state index in [4.69, 9.17) is 0 Å². The van der Waals surface area contributed by atoms with Crippen LogP contribution in [-0.4, -0.2) is 16.1 Å². The quantitative estimate of drug-likeness (QED) is 0.420. The molecule has 138 valence electrons.